The van der Waals surface area contributed by atoms with Crippen LogP contribution in [0, 0.1) is 0 Å². The number of carbonyl (C=O) groups is 2. The fraction of sp³-hybridized carbons (Fsp3) is 0.133. The van der Waals surface area contributed by atoms with E-state index in [1.165, 1.54) is 37.6 Å². The highest BCUT2D eigenvalue weighted by atomic mass is 35.5. The molecule has 0 aliphatic carbocycles. The maximum atomic E-state index is 12.3. The summed E-state index contributed by atoms with van der Waals surface area (Å²) in [6.07, 6.45) is 0.861. The number of methoxy groups -OCH3 is 1. The number of pyridine rings is 1. The van der Waals surface area contributed by atoms with Gasteiger partial charge in [-0.2, -0.15) is 0 Å². The Hall–Kier alpha value is -2.02. The van der Waals surface area contributed by atoms with Gasteiger partial charge in [0.15, 0.2) is 0 Å². The Labute approximate surface area is 153 Å². The molecule has 0 saturated carbocycles. The van der Waals surface area contributed by atoms with Gasteiger partial charge in [0.25, 0.3) is 5.91 Å². The van der Waals surface area contributed by atoms with Crippen LogP contribution in [0.4, 0.5) is 10.5 Å². The first kappa shape index (κ1) is 18.3. The van der Waals surface area contributed by atoms with Crippen LogP contribution in [0.25, 0.3) is 0 Å². The maximum absolute atomic E-state index is 12.3. The molecule has 0 unspecified atom stereocenters. The number of halogens is 3. The van der Waals surface area contributed by atoms with Crippen molar-refractivity contribution in [3.63, 3.8) is 0 Å². The molecule has 126 valence electrons. The van der Waals surface area contributed by atoms with Gasteiger partial charge in [0, 0.05) is 16.8 Å². The highest BCUT2D eigenvalue weighted by Crippen LogP contribution is 2.33. The summed E-state index contributed by atoms with van der Waals surface area (Å²) in [6.45, 7) is 0.121. The van der Waals surface area contributed by atoms with Crippen molar-refractivity contribution in [1.82, 2.24) is 10.3 Å². The lowest BCUT2D eigenvalue weighted by molar-refractivity contribution is 0.102. The number of ether oxygens (including phenoxy) is 1. The van der Waals surface area contributed by atoms with Crippen LogP contribution in [0.15, 0.2) is 30.5 Å². The van der Waals surface area contributed by atoms with Crippen molar-refractivity contribution in [2.45, 2.75) is 6.54 Å². The van der Waals surface area contributed by atoms with Gasteiger partial charge in [-0.15, -0.1) is 0 Å². The number of hydrogen-bond acceptors (Lipinski definition) is 4. The zero-order valence-electron chi connectivity index (χ0n) is 12.4. The molecule has 0 spiro atoms. The highest BCUT2D eigenvalue weighted by Gasteiger charge is 2.13. The Morgan fingerprint density at radius 2 is 1.83 bits per heavy atom. The van der Waals surface area contributed by atoms with Crippen molar-refractivity contribution in [3.8, 4) is 0 Å². The Morgan fingerprint density at radius 3 is 2.46 bits per heavy atom. The van der Waals surface area contributed by atoms with Crippen LogP contribution in [-0.2, 0) is 11.3 Å². The molecule has 0 atom stereocenters. The van der Waals surface area contributed by atoms with E-state index in [2.05, 4.69) is 20.4 Å². The number of aromatic nitrogens is 1. The van der Waals surface area contributed by atoms with Crippen molar-refractivity contribution in [1.29, 1.82) is 0 Å². The van der Waals surface area contributed by atoms with E-state index in [0.717, 1.165) is 0 Å². The Balaban J connectivity index is 2.14. The molecule has 1 heterocycles. The molecular weight excluding hydrogens is 377 g/mol. The smallest absolute Gasteiger partial charge is 0.407 e. The second-order valence-corrected chi connectivity index (χ2v) is 5.83. The fourth-order valence-corrected chi connectivity index (χ4v) is 2.71. The monoisotopic (exact) mass is 387 g/mol. The van der Waals surface area contributed by atoms with Crippen LogP contribution in [-0.4, -0.2) is 24.1 Å². The maximum Gasteiger partial charge on any atom is 0.407 e. The molecule has 0 fully saturated rings. The second-order valence-electron chi connectivity index (χ2n) is 4.58. The Morgan fingerprint density at radius 1 is 1.17 bits per heavy atom. The van der Waals surface area contributed by atoms with Crippen molar-refractivity contribution >= 4 is 52.5 Å². The first-order valence-corrected chi connectivity index (χ1v) is 7.76. The molecule has 1 aromatic heterocycles. The summed E-state index contributed by atoms with van der Waals surface area (Å²) in [5.41, 5.74) is 1.08. The van der Waals surface area contributed by atoms with Gasteiger partial charge in [-0.25, -0.2) is 4.79 Å². The number of nitrogens with one attached hydrogen (secondary N) is 2. The van der Waals surface area contributed by atoms with Crippen LogP contribution in [0.3, 0.4) is 0 Å². The molecule has 6 nitrogen and oxygen atoms in total. The van der Waals surface area contributed by atoms with E-state index in [4.69, 9.17) is 34.8 Å². The van der Waals surface area contributed by atoms with Gasteiger partial charge < -0.3 is 15.4 Å². The minimum atomic E-state index is -0.591. The number of hydrogen-bond donors (Lipinski definition) is 2. The van der Waals surface area contributed by atoms with Crippen LogP contribution in [0.2, 0.25) is 15.1 Å². The molecular formula is C15H12Cl3N3O3. The van der Waals surface area contributed by atoms with Gasteiger partial charge in [-0.3, -0.25) is 9.78 Å². The number of alkyl carbamates (subject to hydrolysis) is 1. The van der Waals surface area contributed by atoms with Crippen LogP contribution < -0.4 is 10.6 Å². The Bertz CT molecular complexity index is 761. The van der Waals surface area contributed by atoms with Gasteiger partial charge in [0.2, 0.25) is 0 Å². The molecule has 0 bridgehead atoms. The predicted octanol–water partition coefficient (Wildman–Crippen LogP) is 4.15. The summed E-state index contributed by atoms with van der Waals surface area (Å²) >= 11 is 17.9. The summed E-state index contributed by atoms with van der Waals surface area (Å²) in [7, 11) is 1.26. The lowest BCUT2D eigenvalue weighted by Crippen LogP contribution is -2.23. The first-order valence-electron chi connectivity index (χ1n) is 6.63. The summed E-state index contributed by atoms with van der Waals surface area (Å²) in [5.74, 6) is -0.428. The van der Waals surface area contributed by atoms with E-state index in [9.17, 15) is 9.59 Å². The number of amides is 2. The topological polar surface area (TPSA) is 80.3 Å². The van der Waals surface area contributed by atoms with Gasteiger partial charge in [-0.05, 0) is 24.3 Å². The molecule has 2 amide bonds. The number of anilines is 1. The highest BCUT2D eigenvalue weighted by molar-refractivity contribution is 6.42. The minimum Gasteiger partial charge on any atom is -0.453 e. The van der Waals surface area contributed by atoms with Crippen molar-refractivity contribution in [2.75, 3.05) is 12.4 Å². The van der Waals surface area contributed by atoms with Crippen molar-refractivity contribution in [3.05, 3.63) is 56.8 Å². The average molecular weight is 389 g/mol. The van der Waals surface area contributed by atoms with E-state index in [1.54, 1.807) is 0 Å². The Kier molecular flexibility index (Phi) is 6.25. The molecule has 0 aliphatic rings. The van der Waals surface area contributed by atoms with E-state index < -0.39 is 12.0 Å². The van der Waals surface area contributed by atoms with Crippen LogP contribution in [0.1, 0.15) is 16.1 Å². The lowest BCUT2D eigenvalue weighted by atomic mass is 10.2. The summed E-state index contributed by atoms with van der Waals surface area (Å²) in [5, 5.41) is 5.91. The normalized spacial score (nSPS) is 10.2. The summed E-state index contributed by atoms with van der Waals surface area (Å²) in [4.78, 5) is 27.5. The molecule has 0 aliphatic heterocycles. The molecule has 2 N–H and O–H groups in total. The summed E-state index contributed by atoms with van der Waals surface area (Å²) < 4.78 is 4.47. The SMILES string of the molecule is COC(=O)NCc1cc(C(=O)Nc2c(Cl)cc(Cl)cc2Cl)ccn1. The van der Waals surface area contributed by atoms with Gasteiger partial charge >= 0.3 is 6.09 Å². The summed E-state index contributed by atoms with van der Waals surface area (Å²) in [6, 6.07) is 6.00. The lowest BCUT2D eigenvalue weighted by Gasteiger charge is -2.10. The third kappa shape index (κ3) is 4.74. The predicted molar refractivity (Wildman–Crippen MR) is 92.9 cm³/mol. The zero-order valence-corrected chi connectivity index (χ0v) is 14.7. The van der Waals surface area contributed by atoms with Crippen LogP contribution >= 0.6 is 34.8 Å². The van der Waals surface area contributed by atoms with E-state index in [0.29, 0.717) is 16.3 Å². The number of carbonyl (C=O) groups excluding carboxylic acids is 2. The third-order valence-electron chi connectivity index (χ3n) is 2.92. The van der Waals surface area contributed by atoms with E-state index >= 15 is 0 Å². The quantitative estimate of drug-likeness (QED) is 0.824. The molecule has 1 aromatic carbocycles. The second kappa shape index (κ2) is 8.19. The molecule has 2 aromatic rings. The number of nitrogens with zero attached hydrogens (tertiary/aromatic N) is 1. The fourth-order valence-electron chi connectivity index (χ4n) is 1.80. The van der Waals surface area contributed by atoms with Gasteiger partial charge in [0.1, 0.15) is 0 Å². The standard InChI is InChI=1S/C15H12Cl3N3O3/c1-24-15(23)20-7-10-4-8(2-3-19-10)14(22)21-13-11(17)5-9(16)6-12(13)18/h2-6H,7H2,1H3,(H,20,23)(H,21,22). The third-order valence-corrected chi connectivity index (χ3v) is 3.74. The average Bonchev–Trinajstić information content (AvgIpc) is 2.55. The molecule has 9 heteroatoms. The van der Waals surface area contributed by atoms with Crippen molar-refractivity contribution in [2.24, 2.45) is 0 Å². The zero-order chi connectivity index (χ0) is 17.7. The minimum absolute atomic E-state index is 0.121. The van der Waals surface area contributed by atoms with Gasteiger partial charge in [0.05, 0.1) is 35.1 Å². The molecule has 24 heavy (non-hydrogen) atoms. The van der Waals surface area contributed by atoms with Crippen molar-refractivity contribution < 1.29 is 14.3 Å². The van der Waals surface area contributed by atoms with Gasteiger partial charge in [-0.1, -0.05) is 34.8 Å². The van der Waals surface area contributed by atoms with E-state index in [1.807, 2.05) is 0 Å². The molecule has 2 rings (SSSR count). The van der Waals surface area contributed by atoms with Crippen LogP contribution in [0.5, 0.6) is 0 Å². The molecule has 0 saturated heterocycles. The molecule has 0 radical (unpaired) electrons. The largest absolute Gasteiger partial charge is 0.453 e. The first-order chi connectivity index (χ1) is 11.4. The number of rotatable bonds is 4. The van der Waals surface area contributed by atoms with E-state index in [-0.39, 0.29) is 22.3 Å². The number of benzene rings is 1.